The first-order valence-electron chi connectivity index (χ1n) is 6.63. The summed E-state index contributed by atoms with van der Waals surface area (Å²) in [6, 6.07) is 0.769. The van der Waals surface area contributed by atoms with Gasteiger partial charge in [0, 0.05) is 31.7 Å². The number of hydrogen-bond donors (Lipinski definition) is 0. The van der Waals surface area contributed by atoms with Crippen molar-refractivity contribution in [3.05, 3.63) is 0 Å². The molecule has 0 bridgehead atoms. The summed E-state index contributed by atoms with van der Waals surface area (Å²) in [4.78, 5) is 16.6. The monoisotopic (exact) mass is 242 g/mol. The smallest absolute Gasteiger partial charge is 0.324 e. The average Bonchev–Trinajstić information content (AvgIpc) is 2.28. The first-order valence-corrected chi connectivity index (χ1v) is 6.63. The maximum absolute atomic E-state index is 12.0. The van der Waals surface area contributed by atoms with Crippen molar-refractivity contribution in [3.8, 4) is 0 Å². The summed E-state index contributed by atoms with van der Waals surface area (Å²) in [6.07, 6.45) is 0. The largest absolute Gasteiger partial charge is 0.465 e. The quantitative estimate of drug-likeness (QED) is 0.697. The molecule has 0 unspecified atom stereocenters. The summed E-state index contributed by atoms with van der Waals surface area (Å²) < 4.78 is 5.18. The number of nitrogens with zero attached hydrogens (tertiary/aromatic N) is 2. The van der Waals surface area contributed by atoms with E-state index in [0.717, 1.165) is 19.6 Å². The second kappa shape index (κ2) is 6.36. The van der Waals surface area contributed by atoms with Crippen LogP contribution in [0.3, 0.4) is 0 Å². The lowest BCUT2D eigenvalue weighted by molar-refractivity contribution is -0.153. The summed E-state index contributed by atoms with van der Waals surface area (Å²) in [5.41, 5.74) is 0. The standard InChI is InChI=1S/C13H26N2O2/c1-6-17-13(16)12-9-14(10(2)3)7-8-15(12)11(4)5/h10-12H,6-9H2,1-5H3/t12-/m0/s1. The molecule has 0 radical (unpaired) electrons. The van der Waals surface area contributed by atoms with Gasteiger partial charge in [-0.1, -0.05) is 0 Å². The number of carbonyl (C=O) groups is 1. The van der Waals surface area contributed by atoms with E-state index >= 15 is 0 Å². The van der Waals surface area contributed by atoms with Gasteiger partial charge in [-0.3, -0.25) is 14.6 Å². The molecule has 1 aliphatic heterocycles. The Morgan fingerprint density at radius 1 is 1.24 bits per heavy atom. The zero-order valence-corrected chi connectivity index (χ0v) is 11.8. The highest BCUT2D eigenvalue weighted by Gasteiger charge is 2.35. The SMILES string of the molecule is CCOC(=O)[C@@H]1CN(C(C)C)CCN1C(C)C. The number of rotatable bonds is 4. The summed E-state index contributed by atoms with van der Waals surface area (Å²) in [6.45, 7) is 13.7. The lowest BCUT2D eigenvalue weighted by Gasteiger charge is -2.43. The molecule has 1 aliphatic rings. The van der Waals surface area contributed by atoms with Crippen molar-refractivity contribution in [1.82, 2.24) is 9.80 Å². The predicted molar refractivity (Wildman–Crippen MR) is 69.0 cm³/mol. The fourth-order valence-electron chi connectivity index (χ4n) is 2.35. The highest BCUT2D eigenvalue weighted by molar-refractivity contribution is 5.76. The Labute approximate surface area is 105 Å². The van der Waals surface area contributed by atoms with E-state index in [9.17, 15) is 4.79 Å². The van der Waals surface area contributed by atoms with Crippen LogP contribution in [0, 0.1) is 0 Å². The molecule has 0 spiro atoms. The number of hydrogen-bond acceptors (Lipinski definition) is 4. The second-order valence-electron chi connectivity index (χ2n) is 5.19. The molecule has 0 amide bonds. The van der Waals surface area contributed by atoms with E-state index in [2.05, 4.69) is 37.5 Å². The molecule has 17 heavy (non-hydrogen) atoms. The van der Waals surface area contributed by atoms with Gasteiger partial charge in [-0.25, -0.2) is 0 Å². The van der Waals surface area contributed by atoms with Crippen molar-refractivity contribution in [2.75, 3.05) is 26.2 Å². The third-order valence-corrected chi connectivity index (χ3v) is 3.41. The lowest BCUT2D eigenvalue weighted by Crippen LogP contribution is -2.60. The Morgan fingerprint density at radius 3 is 2.35 bits per heavy atom. The Hall–Kier alpha value is -0.610. The molecule has 100 valence electrons. The van der Waals surface area contributed by atoms with Gasteiger partial charge in [0.2, 0.25) is 0 Å². The summed E-state index contributed by atoms with van der Waals surface area (Å²) in [5.74, 6) is -0.0773. The average molecular weight is 242 g/mol. The Morgan fingerprint density at radius 2 is 1.88 bits per heavy atom. The maximum Gasteiger partial charge on any atom is 0.324 e. The third-order valence-electron chi connectivity index (χ3n) is 3.41. The zero-order valence-electron chi connectivity index (χ0n) is 11.8. The van der Waals surface area contributed by atoms with E-state index in [1.165, 1.54) is 0 Å². The van der Waals surface area contributed by atoms with E-state index < -0.39 is 0 Å². The van der Waals surface area contributed by atoms with Crippen molar-refractivity contribution in [3.63, 3.8) is 0 Å². The van der Waals surface area contributed by atoms with Crippen molar-refractivity contribution < 1.29 is 9.53 Å². The van der Waals surface area contributed by atoms with Crippen molar-refractivity contribution >= 4 is 5.97 Å². The summed E-state index contributed by atoms with van der Waals surface area (Å²) in [5, 5.41) is 0. The van der Waals surface area contributed by atoms with E-state index in [4.69, 9.17) is 4.74 Å². The molecule has 4 heteroatoms. The minimum absolute atomic E-state index is 0.0773. The number of ether oxygens (including phenoxy) is 1. The topological polar surface area (TPSA) is 32.8 Å². The third kappa shape index (κ3) is 3.68. The van der Waals surface area contributed by atoms with Crippen LogP contribution in [0.15, 0.2) is 0 Å². The number of esters is 1. The minimum atomic E-state index is -0.105. The molecule has 1 rings (SSSR count). The first kappa shape index (κ1) is 14.5. The molecule has 1 atom stereocenters. The highest BCUT2D eigenvalue weighted by atomic mass is 16.5. The fraction of sp³-hybridized carbons (Fsp3) is 0.923. The van der Waals surface area contributed by atoms with Crippen molar-refractivity contribution in [2.24, 2.45) is 0 Å². The maximum atomic E-state index is 12.0. The van der Waals surface area contributed by atoms with Crippen LogP contribution >= 0.6 is 0 Å². The molecule has 0 N–H and O–H groups in total. The van der Waals surface area contributed by atoms with Gasteiger partial charge in [-0.05, 0) is 34.6 Å². The van der Waals surface area contributed by atoms with Crippen molar-refractivity contribution in [2.45, 2.75) is 52.7 Å². The van der Waals surface area contributed by atoms with Crippen LogP contribution in [-0.2, 0) is 9.53 Å². The van der Waals surface area contributed by atoms with Crippen LogP contribution in [0.5, 0.6) is 0 Å². The molecule has 1 heterocycles. The molecule has 0 aliphatic carbocycles. The van der Waals surface area contributed by atoms with Gasteiger partial charge in [-0.2, -0.15) is 0 Å². The van der Waals surface area contributed by atoms with E-state index in [-0.39, 0.29) is 12.0 Å². The van der Waals surface area contributed by atoms with Crippen molar-refractivity contribution in [1.29, 1.82) is 0 Å². The first-order chi connectivity index (χ1) is 7.97. The normalized spacial score (nSPS) is 23.4. The molecule has 1 saturated heterocycles. The van der Waals surface area contributed by atoms with Crippen LogP contribution in [0.25, 0.3) is 0 Å². The Kier molecular flexibility index (Phi) is 5.40. The van der Waals surface area contributed by atoms with Gasteiger partial charge in [0.1, 0.15) is 6.04 Å². The van der Waals surface area contributed by atoms with Crippen LogP contribution in [-0.4, -0.2) is 60.1 Å². The molecule has 1 fully saturated rings. The van der Waals surface area contributed by atoms with Gasteiger partial charge in [0.25, 0.3) is 0 Å². The minimum Gasteiger partial charge on any atom is -0.465 e. The van der Waals surface area contributed by atoms with Gasteiger partial charge in [0.05, 0.1) is 6.61 Å². The molecule has 0 aromatic rings. The van der Waals surface area contributed by atoms with E-state index in [1.807, 2.05) is 6.92 Å². The van der Waals surface area contributed by atoms with Crippen LogP contribution in [0.4, 0.5) is 0 Å². The van der Waals surface area contributed by atoms with E-state index in [1.54, 1.807) is 0 Å². The molecule has 0 aromatic carbocycles. The molecular formula is C13H26N2O2. The van der Waals surface area contributed by atoms with Gasteiger partial charge < -0.3 is 4.74 Å². The highest BCUT2D eigenvalue weighted by Crippen LogP contribution is 2.16. The van der Waals surface area contributed by atoms with Gasteiger partial charge in [0.15, 0.2) is 0 Å². The molecular weight excluding hydrogens is 216 g/mol. The number of piperazine rings is 1. The predicted octanol–water partition coefficient (Wildman–Crippen LogP) is 1.35. The lowest BCUT2D eigenvalue weighted by atomic mass is 10.1. The van der Waals surface area contributed by atoms with Crippen LogP contribution < -0.4 is 0 Å². The van der Waals surface area contributed by atoms with Gasteiger partial charge >= 0.3 is 5.97 Å². The molecule has 0 aromatic heterocycles. The number of carbonyl (C=O) groups excluding carboxylic acids is 1. The van der Waals surface area contributed by atoms with Crippen LogP contribution in [0.2, 0.25) is 0 Å². The van der Waals surface area contributed by atoms with Crippen LogP contribution in [0.1, 0.15) is 34.6 Å². The fourth-order valence-corrected chi connectivity index (χ4v) is 2.35. The summed E-state index contributed by atoms with van der Waals surface area (Å²) in [7, 11) is 0. The Bertz CT molecular complexity index is 254. The Balaban J connectivity index is 2.72. The molecule has 4 nitrogen and oxygen atoms in total. The second-order valence-corrected chi connectivity index (χ2v) is 5.19. The van der Waals surface area contributed by atoms with E-state index in [0.29, 0.717) is 18.7 Å². The summed E-state index contributed by atoms with van der Waals surface area (Å²) >= 11 is 0. The van der Waals surface area contributed by atoms with Gasteiger partial charge in [-0.15, -0.1) is 0 Å². The zero-order chi connectivity index (χ0) is 13.0. The molecule has 0 saturated carbocycles.